The van der Waals surface area contributed by atoms with Crippen molar-refractivity contribution in [3.05, 3.63) is 110 Å². The number of nitrogens with zero attached hydrogens (tertiary/aromatic N) is 8. The van der Waals surface area contributed by atoms with Crippen LogP contribution >= 0.6 is 69.6 Å². The zero-order chi connectivity index (χ0) is 46.5. The lowest BCUT2D eigenvalue weighted by Gasteiger charge is -2.35. The molecule has 10 rings (SSSR count). The summed E-state index contributed by atoms with van der Waals surface area (Å²) in [7, 11) is 0. The molecule has 0 spiro atoms. The Bertz CT molecular complexity index is 2640. The van der Waals surface area contributed by atoms with Crippen molar-refractivity contribution in [2.75, 3.05) is 49.3 Å². The molecule has 2 atom stereocenters. The van der Waals surface area contributed by atoms with Crippen LogP contribution in [0.2, 0.25) is 43.8 Å². The van der Waals surface area contributed by atoms with Gasteiger partial charge in [-0.15, -0.1) is 0 Å². The molecule has 0 radical (unpaired) electrons. The largest absolute Gasteiger partial charge is 0.377 e. The number of hydrogen-bond donors (Lipinski definition) is 2. The van der Waals surface area contributed by atoms with Crippen LogP contribution in [0.3, 0.4) is 0 Å². The second kappa shape index (κ2) is 22.5. The van der Waals surface area contributed by atoms with Gasteiger partial charge in [0.15, 0.2) is 12.5 Å². The van der Waals surface area contributed by atoms with Gasteiger partial charge in [0.1, 0.15) is 32.2 Å². The minimum atomic E-state index is 0. The van der Waals surface area contributed by atoms with Gasteiger partial charge in [0, 0.05) is 67.1 Å². The van der Waals surface area contributed by atoms with Crippen molar-refractivity contribution in [3.63, 3.8) is 0 Å². The smallest absolute Gasteiger partial charge is 0.225 e. The summed E-state index contributed by atoms with van der Waals surface area (Å²) in [5, 5.41) is 4.07. The fourth-order valence-corrected chi connectivity index (χ4v) is 9.79. The van der Waals surface area contributed by atoms with Crippen LogP contribution in [0.25, 0.3) is 33.2 Å². The number of anilines is 2. The van der Waals surface area contributed by atoms with Gasteiger partial charge < -0.3 is 29.2 Å². The average molecular weight is 1020 g/mol. The van der Waals surface area contributed by atoms with Crippen LogP contribution in [-0.2, 0) is 9.47 Å². The topological polar surface area (TPSA) is 134 Å². The first-order chi connectivity index (χ1) is 31.0. The van der Waals surface area contributed by atoms with Crippen molar-refractivity contribution in [2.45, 2.75) is 73.7 Å². The lowest BCUT2D eigenvalue weighted by Crippen LogP contribution is -2.44. The van der Waals surface area contributed by atoms with Gasteiger partial charge in [-0.1, -0.05) is 124 Å². The van der Waals surface area contributed by atoms with Gasteiger partial charge in [0.25, 0.3) is 0 Å². The number of halogens is 6. The summed E-state index contributed by atoms with van der Waals surface area (Å²) in [4.78, 5) is 35.2. The Morgan fingerprint density at radius 2 is 1.08 bits per heavy atom. The zero-order valence-electron chi connectivity index (χ0n) is 37.1. The van der Waals surface area contributed by atoms with Crippen molar-refractivity contribution < 1.29 is 10.9 Å². The van der Waals surface area contributed by atoms with Crippen LogP contribution in [-0.4, -0.2) is 98.2 Å². The molecule has 352 valence electrons. The van der Waals surface area contributed by atoms with Gasteiger partial charge in [0.05, 0.1) is 38.5 Å². The number of aromatic amines is 2. The summed E-state index contributed by atoms with van der Waals surface area (Å²) in [5.41, 5.74) is 5.70. The van der Waals surface area contributed by atoms with Crippen LogP contribution in [0.4, 0.5) is 11.6 Å². The number of nitrogens with one attached hydrogen (secondary N) is 2. The first-order valence-corrected chi connectivity index (χ1v) is 23.7. The summed E-state index contributed by atoms with van der Waals surface area (Å²) < 4.78 is 10.8. The van der Waals surface area contributed by atoms with E-state index in [2.05, 4.69) is 117 Å². The Morgan fingerprint density at radius 3 is 1.61 bits per heavy atom. The molecule has 0 unspecified atom stereocenters. The number of hydrogen-bond acceptors (Lipinski definition) is 10. The Morgan fingerprint density at radius 1 is 0.606 bits per heavy atom. The molecule has 2 N–H and O–H groups in total. The van der Waals surface area contributed by atoms with Crippen LogP contribution in [0.1, 0.15) is 50.4 Å². The predicted octanol–water partition coefficient (Wildman–Crippen LogP) is 12.8. The molecule has 0 saturated carbocycles. The number of morpholine rings is 2. The summed E-state index contributed by atoms with van der Waals surface area (Å²) in [5.74, 6) is 2.26. The third-order valence-corrected chi connectivity index (χ3v) is 13.7. The summed E-state index contributed by atoms with van der Waals surface area (Å²) in [6.45, 7) is 19.0. The SMILES string of the molecule is C.CC1(C)CB(c2cccc3[nH]ccc23)CC1(C)C.C[C@@H]1COCCN1c1cc(Cl)nc(-c2cccc3[nH]ccc23)n1.C[C@@H]1COCCN1c1cc(Cl)nc(Cl)n1.Clc1cc(Cl)nc(Cl)n1.[2HH]. The Labute approximate surface area is 419 Å². The standard InChI is InChI=1S/C17H17ClN4O.C16H22BN.C9H11Cl2N3O.C4HCl3N2.CH4.H2/c1-11-10-23-8-7-22(11)16-9-15(18)20-17(21-16)13-3-2-4-14-12(13)5-6-19-14;1-15(2)10-17(11-16(15,3)4)13-6-5-7-14-12(13)8-9-18-14;1-6-5-15-3-2-14(6)8-4-7(10)12-9(11)13-8;5-2-1-3(6)9-4(7)8-2;;/h2-6,9,11,19H,7-8,10H2,1H3;5-9,18H,10-11H2,1-4H3;4,6H,2-3,5H2,1H3;1H;1H4;1H/t11-;;6-;;;/m1.1.../s1/i;;;;;1+1. The molecule has 0 aliphatic carbocycles. The molecule has 19 heteroatoms. The summed E-state index contributed by atoms with van der Waals surface area (Å²) in [6.07, 6.45) is 6.57. The quantitative estimate of drug-likeness (QED) is 0.0997. The number of fused-ring (bicyclic) bond motifs is 2. The minimum absolute atomic E-state index is 0. The second-order valence-electron chi connectivity index (χ2n) is 17.6. The minimum Gasteiger partial charge on any atom is -0.377 e. The molecule has 0 amide bonds. The molecule has 3 aliphatic rings. The van der Waals surface area contributed by atoms with Crippen molar-refractivity contribution in [3.8, 4) is 11.4 Å². The van der Waals surface area contributed by atoms with E-state index in [1.165, 1.54) is 35.1 Å². The summed E-state index contributed by atoms with van der Waals surface area (Å²) >= 11 is 34.1. The monoisotopic (exact) mass is 1020 g/mol. The number of ether oxygens (including phenoxy) is 2. The molecule has 12 nitrogen and oxygen atoms in total. The molecule has 0 bridgehead atoms. The van der Waals surface area contributed by atoms with E-state index in [1.54, 1.807) is 6.07 Å². The van der Waals surface area contributed by atoms with Crippen LogP contribution < -0.4 is 15.3 Å². The maximum Gasteiger partial charge on any atom is 0.225 e. The first kappa shape index (κ1) is 51.5. The average Bonchev–Trinajstić information content (AvgIpc) is 3.98. The fraction of sp³-hybridized carbons (Fsp3) is 0.404. The van der Waals surface area contributed by atoms with Gasteiger partial charge >= 0.3 is 0 Å². The molecule has 66 heavy (non-hydrogen) atoms. The van der Waals surface area contributed by atoms with E-state index in [0.29, 0.717) is 60.1 Å². The number of H-pyrrole nitrogens is 2. The molecule has 3 fully saturated rings. The Kier molecular flexibility index (Phi) is 17.5. The van der Waals surface area contributed by atoms with Gasteiger partial charge in [0.2, 0.25) is 10.6 Å². The third kappa shape index (κ3) is 12.6. The number of rotatable bonds is 4. The maximum absolute atomic E-state index is 6.28. The molecule has 3 aliphatic heterocycles. The van der Waals surface area contributed by atoms with E-state index in [9.17, 15) is 0 Å². The molecule has 5 aromatic heterocycles. The van der Waals surface area contributed by atoms with Gasteiger partial charge in [-0.05, 0) is 77.5 Å². The van der Waals surface area contributed by atoms with E-state index in [1.807, 2.05) is 36.5 Å². The van der Waals surface area contributed by atoms with Crippen LogP contribution in [0, 0.1) is 10.8 Å². The van der Waals surface area contributed by atoms with E-state index in [-0.39, 0.29) is 41.8 Å². The Balaban J connectivity index is 0.000000173. The molecular formula is C47H57BCl6N10O2. The van der Waals surface area contributed by atoms with E-state index >= 15 is 0 Å². The van der Waals surface area contributed by atoms with E-state index in [4.69, 9.17) is 84.1 Å². The highest BCUT2D eigenvalue weighted by Gasteiger charge is 2.48. The molecule has 3 saturated heterocycles. The molecule has 8 heterocycles. The van der Waals surface area contributed by atoms with E-state index < -0.39 is 0 Å². The highest BCUT2D eigenvalue weighted by molar-refractivity contribution is 6.76. The zero-order valence-corrected chi connectivity index (χ0v) is 41.6. The van der Waals surface area contributed by atoms with Crippen LogP contribution in [0.15, 0.2) is 79.1 Å². The lowest BCUT2D eigenvalue weighted by molar-refractivity contribution is 0.0985. The van der Waals surface area contributed by atoms with Gasteiger partial charge in [-0.3, -0.25) is 0 Å². The maximum atomic E-state index is 6.28. The van der Waals surface area contributed by atoms with E-state index in [0.717, 1.165) is 41.2 Å². The van der Waals surface area contributed by atoms with Crippen molar-refractivity contribution in [1.82, 2.24) is 39.9 Å². The fourth-order valence-electron chi connectivity index (χ4n) is 8.52. The lowest BCUT2D eigenvalue weighted by atomic mass is 9.41. The molecule has 7 aromatic rings. The number of benzene rings is 2. The van der Waals surface area contributed by atoms with Gasteiger partial charge in [-0.25, -0.2) is 29.9 Å². The molecular weight excluding hydrogens is 960 g/mol. The highest BCUT2D eigenvalue weighted by Crippen LogP contribution is 2.52. The van der Waals surface area contributed by atoms with Crippen LogP contribution in [0.5, 0.6) is 0 Å². The summed E-state index contributed by atoms with van der Waals surface area (Å²) in [6, 6.07) is 22.5. The number of aromatic nitrogens is 8. The second-order valence-corrected chi connectivity index (χ2v) is 19.8. The third-order valence-electron chi connectivity index (χ3n) is 12.5. The highest BCUT2D eigenvalue weighted by atomic mass is 35.5. The van der Waals surface area contributed by atoms with Crippen molar-refractivity contribution >= 4 is 115 Å². The van der Waals surface area contributed by atoms with Gasteiger partial charge in [-0.2, -0.15) is 0 Å². The predicted molar refractivity (Wildman–Crippen MR) is 278 cm³/mol. The Hall–Kier alpha value is -3.92. The van der Waals surface area contributed by atoms with Crippen molar-refractivity contribution in [2.24, 2.45) is 10.8 Å². The normalized spacial score (nSPS) is 18.6. The molecule has 2 aromatic carbocycles. The van der Waals surface area contributed by atoms with Crippen molar-refractivity contribution in [1.29, 1.82) is 0 Å². The first-order valence-electron chi connectivity index (χ1n) is 21.4.